The minimum atomic E-state index is -4.35. The average molecular weight is 323 g/mol. The van der Waals surface area contributed by atoms with Crippen molar-refractivity contribution in [3.05, 3.63) is 46.6 Å². The Morgan fingerprint density at radius 2 is 1.83 bits per heavy atom. The quantitative estimate of drug-likeness (QED) is 0.932. The third-order valence-electron chi connectivity index (χ3n) is 3.24. The molecule has 1 aromatic carbocycles. The number of hydrogen-bond acceptors (Lipinski definition) is 2. The summed E-state index contributed by atoms with van der Waals surface area (Å²) in [5.41, 5.74) is 1.35. The van der Waals surface area contributed by atoms with Gasteiger partial charge in [-0.3, -0.25) is 9.48 Å². The molecule has 1 heterocycles. The summed E-state index contributed by atoms with van der Waals surface area (Å²) in [6, 6.07) is 4.85. The molecule has 0 aliphatic carbocycles. The molecule has 0 aliphatic heterocycles. The van der Waals surface area contributed by atoms with Gasteiger partial charge in [0.05, 0.1) is 11.3 Å². The fraction of sp³-hybridized carbons (Fsp3) is 0.250. The second kappa shape index (κ2) is 6.28. The first-order valence-corrected chi connectivity index (χ1v) is 6.85. The van der Waals surface area contributed by atoms with Crippen LogP contribution in [0, 0.1) is 6.92 Å². The van der Waals surface area contributed by atoms with Gasteiger partial charge in [0.2, 0.25) is 5.91 Å². The Morgan fingerprint density at radius 1 is 1.22 bits per heavy atom. The van der Waals surface area contributed by atoms with Crippen molar-refractivity contribution >= 4 is 23.9 Å². The molecule has 122 valence electrons. The minimum Gasteiger partial charge on any atom is -0.311 e. The monoisotopic (exact) mass is 323 g/mol. The zero-order valence-electron chi connectivity index (χ0n) is 12.9. The molecule has 0 spiro atoms. The van der Waals surface area contributed by atoms with Crippen molar-refractivity contribution in [1.29, 1.82) is 0 Å². The molecule has 0 bridgehead atoms. The minimum absolute atomic E-state index is 0.225. The number of carbonyl (C=O) groups excluding carboxylic acids is 1. The fourth-order valence-corrected chi connectivity index (χ4v) is 2.15. The van der Waals surface area contributed by atoms with E-state index in [4.69, 9.17) is 0 Å². The molecule has 2 rings (SSSR count). The highest BCUT2D eigenvalue weighted by molar-refractivity contribution is 5.91. The van der Waals surface area contributed by atoms with Crippen LogP contribution < -0.4 is 5.32 Å². The van der Waals surface area contributed by atoms with Gasteiger partial charge in [0.25, 0.3) is 0 Å². The zero-order chi connectivity index (χ0) is 17.2. The van der Waals surface area contributed by atoms with Gasteiger partial charge in [0, 0.05) is 19.5 Å². The summed E-state index contributed by atoms with van der Waals surface area (Å²) in [6.45, 7) is 3.18. The van der Waals surface area contributed by atoms with Crippen LogP contribution in [0.1, 0.15) is 29.3 Å². The van der Waals surface area contributed by atoms with Crippen molar-refractivity contribution in [2.45, 2.75) is 20.0 Å². The molecule has 1 aromatic heterocycles. The van der Waals surface area contributed by atoms with Crippen LogP contribution >= 0.6 is 0 Å². The van der Waals surface area contributed by atoms with Gasteiger partial charge >= 0.3 is 6.18 Å². The van der Waals surface area contributed by atoms with E-state index >= 15 is 0 Å². The van der Waals surface area contributed by atoms with E-state index in [1.54, 1.807) is 30.8 Å². The predicted octanol–water partition coefficient (Wildman–Crippen LogP) is 3.88. The van der Waals surface area contributed by atoms with Crippen LogP contribution in [0.2, 0.25) is 0 Å². The normalized spacial score (nSPS) is 11.9. The number of rotatable bonds is 3. The molecule has 0 unspecified atom stereocenters. The maximum Gasteiger partial charge on any atom is 0.416 e. The third kappa shape index (κ3) is 4.00. The highest BCUT2D eigenvalue weighted by atomic mass is 19.4. The molecule has 1 amide bonds. The van der Waals surface area contributed by atoms with Crippen LogP contribution in [0.4, 0.5) is 19.0 Å². The van der Waals surface area contributed by atoms with Crippen LogP contribution in [0.15, 0.2) is 24.3 Å². The highest BCUT2D eigenvalue weighted by Crippen LogP contribution is 2.29. The van der Waals surface area contributed by atoms with E-state index in [2.05, 4.69) is 10.4 Å². The Balaban J connectivity index is 2.28. The van der Waals surface area contributed by atoms with Gasteiger partial charge in [-0.25, -0.2) is 0 Å². The molecule has 0 radical (unpaired) electrons. The number of aryl methyl sites for hydroxylation is 2. The molecular weight excluding hydrogens is 307 g/mol. The lowest BCUT2D eigenvalue weighted by atomic mass is 10.1. The van der Waals surface area contributed by atoms with E-state index in [1.807, 2.05) is 0 Å². The number of nitrogens with one attached hydrogen (secondary N) is 1. The molecule has 0 saturated carbocycles. The Bertz CT molecular complexity index is 743. The summed E-state index contributed by atoms with van der Waals surface area (Å²) < 4.78 is 39.1. The summed E-state index contributed by atoms with van der Waals surface area (Å²) in [5.74, 6) is 0.315. The SMILES string of the molecule is CC(=O)Nc1c(/C=C/c2ccc(C(F)(F)F)cc2)c(C)nn1C. The summed E-state index contributed by atoms with van der Waals surface area (Å²) >= 11 is 0. The van der Waals surface area contributed by atoms with E-state index in [0.29, 0.717) is 22.6 Å². The fourth-order valence-electron chi connectivity index (χ4n) is 2.15. The van der Waals surface area contributed by atoms with Crippen molar-refractivity contribution in [2.24, 2.45) is 7.05 Å². The van der Waals surface area contributed by atoms with Gasteiger partial charge in [-0.1, -0.05) is 18.2 Å². The number of amides is 1. The number of halogens is 3. The van der Waals surface area contributed by atoms with Gasteiger partial charge in [-0.2, -0.15) is 18.3 Å². The van der Waals surface area contributed by atoms with E-state index in [9.17, 15) is 18.0 Å². The Kier molecular flexibility index (Phi) is 4.58. The number of alkyl halides is 3. The van der Waals surface area contributed by atoms with Gasteiger partial charge < -0.3 is 5.32 Å². The third-order valence-corrected chi connectivity index (χ3v) is 3.24. The van der Waals surface area contributed by atoms with E-state index < -0.39 is 11.7 Å². The second-order valence-electron chi connectivity index (χ2n) is 5.11. The predicted molar refractivity (Wildman–Crippen MR) is 82.6 cm³/mol. The zero-order valence-corrected chi connectivity index (χ0v) is 12.9. The highest BCUT2D eigenvalue weighted by Gasteiger charge is 2.29. The van der Waals surface area contributed by atoms with E-state index in [-0.39, 0.29) is 5.91 Å². The molecule has 0 aliphatic rings. The number of benzene rings is 1. The van der Waals surface area contributed by atoms with E-state index in [0.717, 1.165) is 12.1 Å². The molecule has 4 nitrogen and oxygen atoms in total. The summed E-state index contributed by atoms with van der Waals surface area (Å²) in [5, 5.41) is 6.91. The molecule has 2 aromatic rings. The lowest BCUT2D eigenvalue weighted by Gasteiger charge is -2.06. The lowest BCUT2D eigenvalue weighted by Crippen LogP contribution is -2.10. The Labute approximate surface area is 131 Å². The maximum absolute atomic E-state index is 12.5. The molecule has 0 atom stereocenters. The summed E-state index contributed by atoms with van der Waals surface area (Å²) in [6.07, 6.45) is -0.952. The number of carbonyl (C=O) groups is 1. The average Bonchev–Trinajstić information content (AvgIpc) is 2.70. The molecular formula is C16H16F3N3O. The number of anilines is 1. The van der Waals surface area contributed by atoms with Crippen molar-refractivity contribution < 1.29 is 18.0 Å². The van der Waals surface area contributed by atoms with Crippen LogP contribution in [0.25, 0.3) is 12.2 Å². The van der Waals surface area contributed by atoms with Gasteiger partial charge in [0.1, 0.15) is 5.82 Å². The Hall–Kier alpha value is -2.57. The molecule has 7 heteroatoms. The van der Waals surface area contributed by atoms with Gasteiger partial charge in [-0.15, -0.1) is 0 Å². The van der Waals surface area contributed by atoms with Crippen LogP contribution in [-0.4, -0.2) is 15.7 Å². The van der Waals surface area contributed by atoms with E-state index in [1.165, 1.54) is 19.1 Å². The number of aromatic nitrogens is 2. The second-order valence-corrected chi connectivity index (χ2v) is 5.11. The molecule has 23 heavy (non-hydrogen) atoms. The first kappa shape index (κ1) is 16.8. The topological polar surface area (TPSA) is 46.9 Å². The van der Waals surface area contributed by atoms with Crippen molar-refractivity contribution in [1.82, 2.24) is 9.78 Å². The number of nitrogens with zero attached hydrogens (tertiary/aromatic N) is 2. The Morgan fingerprint density at radius 3 is 2.35 bits per heavy atom. The number of hydrogen-bond donors (Lipinski definition) is 1. The first-order chi connectivity index (χ1) is 10.7. The molecule has 1 N–H and O–H groups in total. The van der Waals surface area contributed by atoms with Crippen molar-refractivity contribution in [2.75, 3.05) is 5.32 Å². The first-order valence-electron chi connectivity index (χ1n) is 6.85. The van der Waals surface area contributed by atoms with Gasteiger partial charge in [0.15, 0.2) is 0 Å². The standard InChI is InChI=1S/C16H16F3N3O/c1-10-14(15(20-11(2)23)22(3)21-10)9-6-12-4-7-13(8-5-12)16(17,18)19/h4-9H,1-3H3,(H,20,23)/b9-6+. The van der Waals surface area contributed by atoms with Crippen LogP contribution in [0.5, 0.6) is 0 Å². The van der Waals surface area contributed by atoms with Crippen LogP contribution in [-0.2, 0) is 18.0 Å². The summed E-state index contributed by atoms with van der Waals surface area (Å²) in [4.78, 5) is 11.2. The van der Waals surface area contributed by atoms with Crippen molar-refractivity contribution in [3.8, 4) is 0 Å². The summed E-state index contributed by atoms with van der Waals surface area (Å²) in [7, 11) is 1.70. The van der Waals surface area contributed by atoms with Crippen molar-refractivity contribution in [3.63, 3.8) is 0 Å². The largest absolute Gasteiger partial charge is 0.416 e. The smallest absolute Gasteiger partial charge is 0.311 e. The lowest BCUT2D eigenvalue weighted by molar-refractivity contribution is -0.137. The van der Waals surface area contributed by atoms with Crippen LogP contribution in [0.3, 0.4) is 0 Å². The van der Waals surface area contributed by atoms with Gasteiger partial charge in [-0.05, 0) is 30.7 Å². The maximum atomic E-state index is 12.5. The molecule has 0 saturated heterocycles. The molecule has 0 fully saturated rings.